The number of amides is 1. The highest BCUT2D eigenvalue weighted by Gasteiger charge is 2.30. The number of aromatic nitrogens is 2. The summed E-state index contributed by atoms with van der Waals surface area (Å²) in [7, 11) is 0. The Hall–Kier alpha value is -3.91. The summed E-state index contributed by atoms with van der Waals surface area (Å²) in [6, 6.07) is 13.5. The Labute approximate surface area is 181 Å². The number of aromatic amines is 1. The number of nitrogens with one attached hydrogen (secondary N) is 1. The van der Waals surface area contributed by atoms with Gasteiger partial charge in [-0.05, 0) is 49.8 Å². The van der Waals surface area contributed by atoms with Crippen LogP contribution in [0.1, 0.15) is 18.1 Å². The number of anilines is 1. The van der Waals surface area contributed by atoms with Crippen molar-refractivity contribution in [3.05, 3.63) is 91.1 Å². The molecule has 0 fully saturated rings. The number of hydrazone groups is 1. The van der Waals surface area contributed by atoms with Gasteiger partial charge in [0.1, 0.15) is 5.56 Å². The number of carbonyl (C=O) groups excluding carboxylic acids is 1. The van der Waals surface area contributed by atoms with Gasteiger partial charge >= 0.3 is 5.69 Å². The van der Waals surface area contributed by atoms with Gasteiger partial charge in [-0.1, -0.05) is 35.9 Å². The molecule has 0 saturated carbocycles. The molecule has 9 heteroatoms. The Kier molecular flexibility index (Phi) is 5.08. The van der Waals surface area contributed by atoms with Gasteiger partial charge in [-0.2, -0.15) is 10.1 Å². The van der Waals surface area contributed by atoms with E-state index in [4.69, 9.17) is 11.6 Å². The van der Waals surface area contributed by atoms with Crippen LogP contribution < -0.4 is 16.3 Å². The Morgan fingerprint density at radius 2 is 1.81 bits per heavy atom. The molecule has 3 aromatic rings. The van der Waals surface area contributed by atoms with Gasteiger partial charge in [0.15, 0.2) is 0 Å². The fourth-order valence-corrected chi connectivity index (χ4v) is 3.50. The number of H-pyrrole nitrogens is 1. The van der Waals surface area contributed by atoms with Gasteiger partial charge in [-0.3, -0.25) is 14.6 Å². The van der Waals surface area contributed by atoms with Crippen LogP contribution in [0.25, 0.3) is 11.8 Å². The summed E-state index contributed by atoms with van der Waals surface area (Å²) in [5, 5.41) is 16.6. The zero-order chi connectivity index (χ0) is 22.3. The standard InChI is InChI=1S/C22H17ClN4O4/c1-12-6-3-4-9-18(12)26-20(29)17(19(28)24-22(26)31)11-16-13(2)25-27(21(16)30)15-8-5-7-14(23)10-15/h3-11,29H,1-2H3,(H,24,28,31)/b16-11-. The molecule has 0 unspecified atom stereocenters. The second-order valence-corrected chi connectivity index (χ2v) is 7.40. The van der Waals surface area contributed by atoms with Crippen molar-refractivity contribution < 1.29 is 9.90 Å². The topological polar surface area (TPSA) is 108 Å². The summed E-state index contributed by atoms with van der Waals surface area (Å²) in [6.07, 6.45) is 1.23. The third-order valence-electron chi connectivity index (χ3n) is 4.88. The van der Waals surface area contributed by atoms with E-state index in [0.717, 1.165) is 9.58 Å². The molecule has 0 atom stereocenters. The van der Waals surface area contributed by atoms with Crippen molar-refractivity contribution in [1.82, 2.24) is 9.55 Å². The van der Waals surface area contributed by atoms with Crippen molar-refractivity contribution in [2.24, 2.45) is 5.10 Å². The van der Waals surface area contributed by atoms with Gasteiger partial charge in [-0.25, -0.2) is 9.36 Å². The first-order valence-electron chi connectivity index (χ1n) is 9.29. The van der Waals surface area contributed by atoms with E-state index in [1.54, 1.807) is 62.4 Å². The minimum absolute atomic E-state index is 0.107. The van der Waals surface area contributed by atoms with Crippen LogP contribution in [0.2, 0.25) is 5.02 Å². The van der Waals surface area contributed by atoms with Crippen molar-refractivity contribution in [3.63, 3.8) is 0 Å². The normalized spacial score (nSPS) is 14.9. The maximum Gasteiger partial charge on any atom is 0.335 e. The van der Waals surface area contributed by atoms with Crippen LogP contribution in [0.15, 0.2) is 68.8 Å². The predicted octanol–water partition coefficient (Wildman–Crippen LogP) is 3.00. The number of rotatable bonds is 3. The number of para-hydroxylation sites is 1. The van der Waals surface area contributed by atoms with Crippen LogP contribution in [0.4, 0.5) is 5.69 Å². The SMILES string of the molecule is CC1=NN(c2cccc(Cl)c2)C(=O)/C1=C\c1c(O)n(-c2ccccc2C)c(=O)[nH]c1=O. The zero-order valence-corrected chi connectivity index (χ0v) is 17.3. The lowest BCUT2D eigenvalue weighted by Crippen LogP contribution is -2.31. The van der Waals surface area contributed by atoms with E-state index in [2.05, 4.69) is 10.1 Å². The second-order valence-electron chi connectivity index (χ2n) is 6.96. The largest absolute Gasteiger partial charge is 0.494 e. The van der Waals surface area contributed by atoms with E-state index in [-0.39, 0.29) is 11.1 Å². The maximum absolute atomic E-state index is 13.0. The number of aryl methyl sites for hydroxylation is 1. The summed E-state index contributed by atoms with van der Waals surface area (Å²) in [5.41, 5.74) is 0.200. The number of hydrogen-bond acceptors (Lipinski definition) is 5. The molecular formula is C22H17ClN4O4. The van der Waals surface area contributed by atoms with E-state index in [1.165, 1.54) is 6.08 Å². The van der Waals surface area contributed by atoms with Crippen LogP contribution in [0.5, 0.6) is 5.88 Å². The number of benzene rings is 2. The number of carbonyl (C=O) groups is 1. The highest BCUT2D eigenvalue weighted by atomic mass is 35.5. The van der Waals surface area contributed by atoms with E-state index in [0.29, 0.717) is 27.7 Å². The lowest BCUT2D eigenvalue weighted by molar-refractivity contribution is -0.114. The van der Waals surface area contributed by atoms with Crippen molar-refractivity contribution in [2.45, 2.75) is 13.8 Å². The molecule has 156 valence electrons. The van der Waals surface area contributed by atoms with Gasteiger partial charge in [0.05, 0.1) is 22.7 Å². The molecule has 0 saturated heterocycles. The Morgan fingerprint density at radius 3 is 2.52 bits per heavy atom. The molecule has 0 aliphatic carbocycles. The monoisotopic (exact) mass is 436 g/mol. The fourth-order valence-electron chi connectivity index (χ4n) is 3.32. The van der Waals surface area contributed by atoms with E-state index in [1.807, 2.05) is 0 Å². The van der Waals surface area contributed by atoms with Gasteiger partial charge in [0.2, 0.25) is 5.88 Å². The Balaban J connectivity index is 1.85. The van der Waals surface area contributed by atoms with Crippen LogP contribution in [-0.2, 0) is 4.79 Å². The first-order valence-corrected chi connectivity index (χ1v) is 9.67. The molecule has 2 heterocycles. The first kappa shape index (κ1) is 20.4. The number of hydrogen-bond donors (Lipinski definition) is 2. The van der Waals surface area contributed by atoms with Gasteiger partial charge in [0.25, 0.3) is 11.5 Å². The van der Waals surface area contributed by atoms with Crippen molar-refractivity contribution >= 4 is 35.0 Å². The minimum atomic E-state index is -0.818. The molecule has 0 radical (unpaired) electrons. The Morgan fingerprint density at radius 1 is 1.06 bits per heavy atom. The molecule has 0 spiro atoms. The molecule has 8 nitrogen and oxygen atoms in total. The summed E-state index contributed by atoms with van der Waals surface area (Å²) >= 11 is 6.01. The minimum Gasteiger partial charge on any atom is -0.494 e. The molecule has 2 aromatic carbocycles. The van der Waals surface area contributed by atoms with Gasteiger partial charge in [-0.15, -0.1) is 0 Å². The molecule has 1 amide bonds. The van der Waals surface area contributed by atoms with Gasteiger partial charge < -0.3 is 5.11 Å². The average Bonchev–Trinajstić information content (AvgIpc) is 3.00. The van der Waals surface area contributed by atoms with E-state index in [9.17, 15) is 19.5 Å². The number of halogens is 1. The quantitative estimate of drug-likeness (QED) is 0.615. The summed E-state index contributed by atoms with van der Waals surface area (Å²) < 4.78 is 0.990. The molecule has 1 aliphatic heterocycles. The zero-order valence-electron chi connectivity index (χ0n) is 16.6. The molecule has 4 rings (SSSR count). The van der Waals surface area contributed by atoms with Crippen LogP contribution in [-0.4, -0.2) is 26.3 Å². The number of aromatic hydroxyl groups is 1. The fraction of sp³-hybridized carbons (Fsp3) is 0.0909. The van der Waals surface area contributed by atoms with Crippen molar-refractivity contribution in [2.75, 3.05) is 5.01 Å². The van der Waals surface area contributed by atoms with Crippen LogP contribution in [0, 0.1) is 6.92 Å². The lowest BCUT2D eigenvalue weighted by Gasteiger charge is -2.13. The maximum atomic E-state index is 13.0. The summed E-state index contributed by atoms with van der Waals surface area (Å²) in [6.45, 7) is 3.38. The van der Waals surface area contributed by atoms with E-state index < -0.39 is 23.0 Å². The lowest BCUT2D eigenvalue weighted by atomic mass is 10.1. The third-order valence-corrected chi connectivity index (χ3v) is 5.12. The van der Waals surface area contributed by atoms with Crippen molar-refractivity contribution in [3.8, 4) is 11.6 Å². The molecular weight excluding hydrogens is 420 g/mol. The van der Waals surface area contributed by atoms with E-state index >= 15 is 0 Å². The second kappa shape index (κ2) is 7.73. The molecule has 31 heavy (non-hydrogen) atoms. The first-order chi connectivity index (χ1) is 14.8. The molecule has 2 N–H and O–H groups in total. The smallest absolute Gasteiger partial charge is 0.335 e. The average molecular weight is 437 g/mol. The molecule has 0 bridgehead atoms. The third kappa shape index (κ3) is 3.57. The van der Waals surface area contributed by atoms with Crippen LogP contribution in [0.3, 0.4) is 0 Å². The number of nitrogens with zero attached hydrogens (tertiary/aromatic N) is 3. The Bertz CT molecular complexity index is 1400. The molecule has 1 aliphatic rings. The highest BCUT2D eigenvalue weighted by Crippen LogP contribution is 2.28. The van der Waals surface area contributed by atoms with Crippen molar-refractivity contribution in [1.29, 1.82) is 0 Å². The predicted molar refractivity (Wildman–Crippen MR) is 119 cm³/mol. The summed E-state index contributed by atoms with van der Waals surface area (Å²) in [5.74, 6) is -1.07. The van der Waals surface area contributed by atoms with Crippen LogP contribution >= 0.6 is 11.6 Å². The molecule has 1 aromatic heterocycles. The van der Waals surface area contributed by atoms with Gasteiger partial charge in [0, 0.05) is 5.02 Å². The highest BCUT2D eigenvalue weighted by molar-refractivity contribution is 6.33. The summed E-state index contributed by atoms with van der Waals surface area (Å²) in [4.78, 5) is 40.0.